The Bertz CT molecular complexity index is 766. The SMILES string of the molecule is COc1ccccc1Nc1ccccc1C(=O)NC1CCC(=O)NC1. The van der Waals surface area contributed by atoms with Gasteiger partial charge in [0, 0.05) is 19.0 Å². The third kappa shape index (κ3) is 4.09. The molecule has 0 spiro atoms. The molecule has 2 amide bonds. The van der Waals surface area contributed by atoms with Crippen LogP contribution < -0.4 is 20.7 Å². The topological polar surface area (TPSA) is 79.5 Å². The van der Waals surface area contributed by atoms with E-state index >= 15 is 0 Å². The summed E-state index contributed by atoms with van der Waals surface area (Å²) in [6.07, 6.45) is 1.09. The molecule has 0 radical (unpaired) electrons. The van der Waals surface area contributed by atoms with Crippen molar-refractivity contribution in [3.05, 3.63) is 54.1 Å². The lowest BCUT2D eigenvalue weighted by molar-refractivity contribution is -0.122. The molecular weight excluding hydrogens is 318 g/mol. The third-order valence-electron chi connectivity index (χ3n) is 4.15. The molecule has 25 heavy (non-hydrogen) atoms. The lowest BCUT2D eigenvalue weighted by Crippen LogP contribution is -2.47. The Morgan fingerprint density at radius 2 is 1.84 bits per heavy atom. The predicted molar refractivity (Wildman–Crippen MR) is 96.2 cm³/mol. The average molecular weight is 339 g/mol. The van der Waals surface area contributed by atoms with Crippen LogP contribution >= 0.6 is 0 Å². The number of piperidine rings is 1. The molecule has 0 aromatic heterocycles. The van der Waals surface area contributed by atoms with Crippen molar-refractivity contribution in [1.29, 1.82) is 0 Å². The van der Waals surface area contributed by atoms with E-state index in [1.54, 1.807) is 13.2 Å². The van der Waals surface area contributed by atoms with E-state index in [4.69, 9.17) is 4.74 Å². The van der Waals surface area contributed by atoms with Crippen LogP contribution in [0.5, 0.6) is 5.75 Å². The lowest BCUT2D eigenvalue weighted by atomic mass is 10.1. The predicted octanol–water partition coefficient (Wildman–Crippen LogP) is 2.45. The zero-order chi connectivity index (χ0) is 17.6. The number of amides is 2. The van der Waals surface area contributed by atoms with E-state index < -0.39 is 0 Å². The van der Waals surface area contributed by atoms with Gasteiger partial charge >= 0.3 is 0 Å². The Morgan fingerprint density at radius 1 is 1.12 bits per heavy atom. The average Bonchev–Trinajstić information content (AvgIpc) is 2.64. The van der Waals surface area contributed by atoms with Gasteiger partial charge in [-0.15, -0.1) is 0 Å². The first kappa shape index (κ1) is 16.8. The van der Waals surface area contributed by atoms with Crippen LogP contribution in [0.2, 0.25) is 0 Å². The highest BCUT2D eigenvalue weighted by Crippen LogP contribution is 2.28. The van der Waals surface area contributed by atoms with Gasteiger partial charge in [-0.05, 0) is 30.7 Å². The molecular formula is C19H21N3O3. The zero-order valence-corrected chi connectivity index (χ0v) is 14.0. The van der Waals surface area contributed by atoms with Crippen LogP contribution in [0.15, 0.2) is 48.5 Å². The van der Waals surface area contributed by atoms with E-state index in [-0.39, 0.29) is 17.9 Å². The number of para-hydroxylation sites is 3. The van der Waals surface area contributed by atoms with E-state index in [9.17, 15) is 9.59 Å². The molecule has 3 N–H and O–H groups in total. The molecule has 1 heterocycles. The number of carbonyl (C=O) groups is 2. The fourth-order valence-corrected chi connectivity index (χ4v) is 2.80. The van der Waals surface area contributed by atoms with E-state index in [1.807, 2.05) is 42.5 Å². The quantitative estimate of drug-likeness (QED) is 0.782. The van der Waals surface area contributed by atoms with E-state index in [0.717, 1.165) is 5.69 Å². The summed E-state index contributed by atoms with van der Waals surface area (Å²) in [7, 11) is 1.61. The normalized spacial score (nSPS) is 16.7. The van der Waals surface area contributed by atoms with Gasteiger partial charge in [0.2, 0.25) is 5.91 Å². The maximum absolute atomic E-state index is 12.7. The van der Waals surface area contributed by atoms with Gasteiger partial charge in [-0.1, -0.05) is 24.3 Å². The summed E-state index contributed by atoms with van der Waals surface area (Å²) in [5.41, 5.74) is 2.03. The van der Waals surface area contributed by atoms with E-state index in [1.165, 1.54) is 0 Å². The summed E-state index contributed by atoms with van der Waals surface area (Å²) in [5.74, 6) is 0.565. The number of hydrogen-bond donors (Lipinski definition) is 3. The summed E-state index contributed by atoms with van der Waals surface area (Å²) in [6, 6.07) is 14.8. The monoisotopic (exact) mass is 339 g/mol. The molecule has 1 unspecified atom stereocenters. The number of benzene rings is 2. The molecule has 6 heteroatoms. The van der Waals surface area contributed by atoms with Gasteiger partial charge in [0.15, 0.2) is 0 Å². The van der Waals surface area contributed by atoms with E-state index in [2.05, 4.69) is 16.0 Å². The number of rotatable bonds is 5. The summed E-state index contributed by atoms with van der Waals surface area (Å²) in [6.45, 7) is 0.465. The van der Waals surface area contributed by atoms with Crippen LogP contribution in [-0.2, 0) is 4.79 Å². The standard InChI is InChI=1S/C19H21N3O3/c1-25-17-9-5-4-8-16(17)22-15-7-3-2-6-14(15)19(24)21-13-10-11-18(23)20-12-13/h2-9,13,22H,10-12H2,1H3,(H,20,23)(H,21,24). The van der Waals surface area contributed by atoms with Crippen molar-refractivity contribution in [2.75, 3.05) is 19.0 Å². The van der Waals surface area contributed by atoms with Gasteiger partial charge in [-0.3, -0.25) is 9.59 Å². The molecule has 1 saturated heterocycles. The summed E-state index contributed by atoms with van der Waals surface area (Å²) < 4.78 is 5.35. The Morgan fingerprint density at radius 3 is 2.56 bits per heavy atom. The molecule has 3 rings (SSSR count). The maximum atomic E-state index is 12.7. The summed E-state index contributed by atoms with van der Waals surface area (Å²) in [5, 5.41) is 9.02. The van der Waals surface area contributed by atoms with Gasteiger partial charge in [-0.2, -0.15) is 0 Å². The molecule has 2 aromatic carbocycles. The highest BCUT2D eigenvalue weighted by molar-refractivity contribution is 6.00. The van der Waals surface area contributed by atoms with Gasteiger partial charge in [-0.25, -0.2) is 0 Å². The Labute approximate surface area is 146 Å². The number of nitrogens with one attached hydrogen (secondary N) is 3. The van der Waals surface area contributed by atoms with Crippen LogP contribution in [0.4, 0.5) is 11.4 Å². The van der Waals surface area contributed by atoms with Gasteiger partial charge < -0.3 is 20.7 Å². The van der Waals surface area contributed by atoms with Crippen LogP contribution in [-0.4, -0.2) is 31.5 Å². The second-order valence-corrected chi connectivity index (χ2v) is 5.88. The molecule has 6 nitrogen and oxygen atoms in total. The molecule has 1 aliphatic heterocycles. The van der Waals surface area contributed by atoms with Gasteiger partial charge in [0.05, 0.1) is 24.0 Å². The lowest BCUT2D eigenvalue weighted by Gasteiger charge is -2.24. The Balaban J connectivity index is 1.76. The first-order chi connectivity index (χ1) is 12.2. The van der Waals surface area contributed by atoms with Crippen molar-refractivity contribution in [1.82, 2.24) is 10.6 Å². The Kier molecular flexibility index (Phi) is 5.18. The fourth-order valence-electron chi connectivity index (χ4n) is 2.80. The number of hydrogen-bond acceptors (Lipinski definition) is 4. The highest BCUT2D eigenvalue weighted by atomic mass is 16.5. The summed E-state index contributed by atoms with van der Waals surface area (Å²) in [4.78, 5) is 23.9. The number of ether oxygens (including phenoxy) is 1. The smallest absolute Gasteiger partial charge is 0.253 e. The molecule has 1 fully saturated rings. The third-order valence-corrected chi connectivity index (χ3v) is 4.15. The number of anilines is 2. The molecule has 130 valence electrons. The molecule has 0 saturated carbocycles. The minimum atomic E-state index is -0.167. The van der Waals surface area contributed by atoms with E-state index in [0.29, 0.717) is 36.4 Å². The Hall–Kier alpha value is -3.02. The molecule has 1 atom stereocenters. The molecule has 1 aliphatic rings. The van der Waals surface area contributed by atoms with Crippen molar-refractivity contribution < 1.29 is 14.3 Å². The molecule has 2 aromatic rings. The maximum Gasteiger partial charge on any atom is 0.253 e. The van der Waals surface area contributed by atoms with Gasteiger partial charge in [0.25, 0.3) is 5.91 Å². The van der Waals surface area contributed by atoms with Crippen LogP contribution in [0.1, 0.15) is 23.2 Å². The minimum absolute atomic E-state index is 0.0312. The van der Waals surface area contributed by atoms with Crippen LogP contribution in [0, 0.1) is 0 Å². The molecule has 0 bridgehead atoms. The van der Waals surface area contributed by atoms with Crippen molar-refractivity contribution in [2.45, 2.75) is 18.9 Å². The first-order valence-electron chi connectivity index (χ1n) is 8.24. The second kappa shape index (κ2) is 7.70. The number of methoxy groups -OCH3 is 1. The largest absolute Gasteiger partial charge is 0.495 e. The fraction of sp³-hybridized carbons (Fsp3) is 0.263. The minimum Gasteiger partial charge on any atom is -0.495 e. The zero-order valence-electron chi connectivity index (χ0n) is 14.0. The van der Waals surface area contributed by atoms with Crippen LogP contribution in [0.25, 0.3) is 0 Å². The number of carbonyl (C=O) groups excluding carboxylic acids is 2. The van der Waals surface area contributed by atoms with Crippen molar-refractivity contribution in [3.63, 3.8) is 0 Å². The van der Waals surface area contributed by atoms with Gasteiger partial charge in [0.1, 0.15) is 5.75 Å². The van der Waals surface area contributed by atoms with Crippen LogP contribution in [0.3, 0.4) is 0 Å². The molecule has 0 aliphatic carbocycles. The van der Waals surface area contributed by atoms with Crippen molar-refractivity contribution in [3.8, 4) is 5.75 Å². The van der Waals surface area contributed by atoms with Crippen molar-refractivity contribution in [2.24, 2.45) is 0 Å². The first-order valence-corrected chi connectivity index (χ1v) is 8.24. The summed E-state index contributed by atoms with van der Waals surface area (Å²) >= 11 is 0. The van der Waals surface area contributed by atoms with Crippen molar-refractivity contribution >= 4 is 23.2 Å². The second-order valence-electron chi connectivity index (χ2n) is 5.88. The highest BCUT2D eigenvalue weighted by Gasteiger charge is 2.21.